The average Bonchev–Trinajstić information content (AvgIpc) is 2.82. The standard InChI is InChI=1S/C24H29N5O3/c1-16-17(2)26-23(27-24(16)30)18-5-8-22(25-14-18)29-11-9-28(10-12-29)15-19-13-20(31-3)6-7-21(19)32-4/h5-8,13-14H,9-12,15H2,1-4H3,(H,26,27,30). The highest BCUT2D eigenvalue weighted by Gasteiger charge is 2.20. The van der Waals surface area contributed by atoms with Crippen molar-refractivity contribution in [1.82, 2.24) is 19.9 Å². The summed E-state index contributed by atoms with van der Waals surface area (Å²) in [5.41, 5.74) is 3.19. The van der Waals surface area contributed by atoms with Crippen LogP contribution < -0.4 is 19.9 Å². The van der Waals surface area contributed by atoms with Gasteiger partial charge in [-0.15, -0.1) is 0 Å². The fraction of sp³-hybridized carbons (Fsp3) is 0.375. The maximum Gasteiger partial charge on any atom is 0.254 e. The normalized spacial score (nSPS) is 14.4. The van der Waals surface area contributed by atoms with E-state index in [1.54, 1.807) is 27.3 Å². The number of methoxy groups -OCH3 is 2. The van der Waals surface area contributed by atoms with Crippen molar-refractivity contribution in [2.45, 2.75) is 20.4 Å². The molecule has 0 amide bonds. The van der Waals surface area contributed by atoms with E-state index in [4.69, 9.17) is 9.47 Å². The van der Waals surface area contributed by atoms with Crippen molar-refractivity contribution in [3.63, 3.8) is 0 Å². The number of ether oxygens (including phenoxy) is 2. The number of hydrogen-bond donors (Lipinski definition) is 1. The molecule has 0 bridgehead atoms. The Balaban J connectivity index is 1.40. The second-order valence-electron chi connectivity index (χ2n) is 7.97. The number of nitrogens with one attached hydrogen (secondary N) is 1. The summed E-state index contributed by atoms with van der Waals surface area (Å²) < 4.78 is 10.9. The molecule has 0 spiro atoms. The van der Waals surface area contributed by atoms with Gasteiger partial charge in [0.25, 0.3) is 5.56 Å². The fourth-order valence-corrected chi connectivity index (χ4v) is 3.88. The molecule has 1 saturated heterocycles. The first kappa shape index (κ1) is 21.8. The van der Waals surface area contributed by atoms with E-state index in [2.05, 4.69) is 24.8 Å². The van der Waals surface area contributed by atoms with E-state index in [-0.39, 0.29) is 5.56 Å². The lowest BCUT2D eigenvalue weighted by Gasteiger charge is -2.35. The maximum absolute atomic E-state index is 12.0. The molecule has 8 heteroatoms. The van der Waals surface area contributed by atoms with Crippen molar-refractivity contribution >= 4 is 5.82 Å². The molecule has 1 aromatic carbocycles. The van der Waals surface area contributed by atoms with Gasteiger partial charge in [-0.1, -0.05) is 0 Å². The lowest BCUT2D eigenvalue weighted by atomic mass is 10.1. The van der Waals surface area contributed by atoms with Gasteiger partial charge in [-0.25, -0.2) is 9.97 Å². The summed E-state index contributed by atoms with van der Waals surface area (Å²) in [4.78, 5) is 28.7. The summed E-state index contributed by atoms with van der Waals surface area (Å²) in [6.45, 7) is 8.06. The van der Waals surface area contributed by atoms with Crippen molar-refractivity contribution in [2.24, 2.45) is 0 Å². The lowest BCUT2D eigenvalue weighted by Crippen LogP contribution is -2.46. The average molecular weight is 436 g/mol. The van der Waals surface area contributed by atoms with Crippen LogP contribution in [0.5, 0.6) is 11.5 Å². The molecule has 8 nitrogen and oxygen atoms in total. The zero-order valence-electron chi connectivity index (χ0n) is 19.0. The molecule has 1 aliphatic heterocycles. The smallest absolute Gasteiger partial charge is 0.254 e. The molecule has 0 radical (unpaired) electrons. The number of H-pyrrole nitrogens is 1. The molecular weight excluding hydrogens is 406 g/mol. The van der Waals surface area contributed by atoms with Crippen LogP contribution in [-0.2, 0) is 6.54 Å². The molecule has 1 N–H and O–H groups in total. The quantitative estimate of drug-likeness (QED) is 0.637. The summed E-state index contributed by atoms with van der Waals surface area (Å²) in [5, 5.41) is 0. The molecule has 0 aliphatic carbocycles. The molecule has 0 saturated carbocycles. The number of aromatic nitrogens is 3. The molecule has 3 aromatic rings. The Morgan fingerprint density at radius 2 is 1.81 bits per heavy atom. The third kappa shape index (κ3) is 4.60. The summed E-state index contributed by atoms with van der Waals surface area (Å²) in [6, 6.07) is 9.86. The Morgan fingerprint density at radius 1 is 1.03 bits per heavy atom. The van der Waals surface area contributed by atoms with E-state index < -0.39 is 0 Å². The van der Waals surface area contributed by atoms with Crippen LogP contribution in [0.4, 0.5) is 5.82 Å². The van der Waals surface area contributed by atoms with Gasteiger partial charge in [-0.2, -0.15) is 0 Å². The molecule has 32 heavy (non-hydrogen) atoms. The van der Waals surface area contributed by atoms with Crippen LogP contribution in [0.3, 0.4) is 0 Å². The van der Waals surface area contributed by atoms with Crippen LogP contribution in [0.25, 0.3) is 11.4 Å². The van der Waals surface area contributed by atoms with E-state index >= 15 is 0 Å². The van der Waals surface area contributed by atoms with E-state index in [0.717, 1.165) is 66.9 Å². The third-order valence-electron chi connectivity index (χ3n) is 5.99. The lowest BCUT2D eigenvalue weighted by molar-refractivity contribution is 0.245. The second kappa shape index (κ2) is 9.40. The zero-order valence-corrected chi connectivity index (χ0v) is 19.0. The van der Waals surface area contributed by atoms with Crippen LogP contribution in [0.15, 0.2) is 41.3 Å². The second-order valence-corrected chi connectivity index (χ2v) is 7.97. The third-order valence-corrected chi connectivity index (χ3v) is 5.99. The molecular formula is C24H29N5O3. The van der Waals surface area contributed by atoms with Crippen molar-refractivity contribution in [1.29, 1.82) is 0 Å². The first-order chi connectivity index (χ1) is 15.5. The first-order valence-electron chi connectivity index (χ1n) is 10.7. The molecule has 1 fully saturated rings. The van der Waals surface area contributed by atoms with Crippen LogP contribution in [-0.4, -0.2) is 60.3 Å². The van der Waals surface area contributed by atoms with Gasteiger partial charge < -0.3 is 19.4 Å². The minimum atomic E-state index is -0.111. The number of nitrogens with zero attached hydrogens (tertiary/aromatic N) is 4. The van der Waals surface area contributed by atoms with Crippen molar-refractivity contribution in [3.05, 3.63) is 63.7 Å². The predicted octanol–water partition coefficient (Wildman–Crippen LogP) is 2.79. The minimum Gasteiger partial charge on any atom is -0.497 e. The maximum atomic E-state index is 12.0. The Bertz CT molecular complexity index is 1140. The predicted molar refractivity (Wildman–Crippen MR) is 125 cm³/mol. The van der Waals surface area contributed by atoms with Crippen molar-refractivity contribution in [3.8, 4) is 22.9 Å². The number of piperazine rings is 1. The number of hydrogen-bond acceptors (Lipinski definition) is 7. The number of aromatic amines is 1. The summed E-state index contributed by atoms with van der Waals surface area (Å²) in [5.74, 6) is 3.19. The molecule has 3 heterocycles. The number of aryl methyl sites for hydroxylation is 1. The van der Waals surface area contributed by atoms with E-state index in [0.29, 0.717) is 11.4 Å². The summed E-state index contributed by atoms with van der Waals surface area (Å²) in [6.07, 6.45) is 1.77. The van der Waals surface area contributed by atoms with Crippen molar-refractivity contribution in [2.75, 3.05) is 45.3 Å². The van der Waals surface area contributed by atoms with Crippen LogP contribution >= 0.6 is 0 Å². The van der Waals surface area contributed by atoms with Gasteiger partial charge in [0.15, 0.2) is 0 Å². The van der Waals surface area contributed by atoms with Gasteiger partial charge in [0.05, 0.1) is 14.2 Å². The molecule has 0 atom stereocenters. The summed E-state index contributed by atoms with van der Waals surface area (Å²) in [7, 11) is 3.37. The summed E-state index contributed by atoms with van der Waals surface area (Å²) >= 11 is 0. The molecule has 4 rings (SSSR count). The van der Waals surface area contributed by atoms with Crippen LogP contribution in [0, 0.1) is 13.8 Å². The Kier molecular flexibility index (Phi) is 6.41. The number of anilines is 1. The molecule has 2 aromatic heterocycles. The fourth-order valence-electron chi connectivity index (χ4n) is 3.88. The van der Waals surface area contributed by atoms with Crippen LogP contribution in [0.2, 0.25) is 0 Å². The Hall–Kier alpha value is -3.39. The van der Waals surface area contributed by atoms with E-state index in [1.165, 1.54) is 0 Å². The number of pyridine rings is 1. The zero-order chi connectivity index (χ0) is 22.7. The van der Waals surface area contributed by atoms with Gasteiger partial charge in [-0.05, 0) is 44.2 Å². The molecule has 168 valence electrons. The SMILES string of the molecule is COc1ccc(OC)c(CN2CCN(c3ccc(-c4nc(C)c(C)c(=O)[nH]4)cn3)CC2)c1. The van der Waals surface area contributed by atoms with E-state index in [9.17, 15) is 4.79 Å². The van der Waals surface area contributed by atoms with Crippen LogP contribution in [0.1, 0.15) is 16.8 Å². The highest BCUT2D eigenvalue weighted by molar-refractivity contribution is 5.56. The Labute approximate surface area is 187 Å². The van der Waals surface area contributed by atoms with Gasteiger partial charge >= 0.3 is 0 Å². The minimum absolute atomic E-state index is 0.111. The van der Waals surface area contributed by atoms with E-state index in [1.807, 2.05) is 37.3 Å². The highest BCUT2D eigenvalue weighted by atomic mass is 16.5. The van der Waals surface area contributed by atoms with Gasteiger partial charge in [-0.3, -0.25) is 9.69 Å². The molecule has 1 aliphatic rings. The topological polar surface area (TPSA) is 83.6 Å². The van der Waals surface area contributed by atoms with Gasteiger partial charge in [0, 0.05) is 61.3 Å². The Morgan fingerprint density at radius 3 is 2.44 bits per heavy atom. The first-order valence-corrected chi connectivity index (χ1v) is 10.7. The number of benzene rings is 1. The highest BCUT2D eigenvalue weighted by Crippen LogP contribution is 2.26. The number of rotatable bonds is 6. The monoisotopic (exact) mass is 435 g/mol. The van der Waals surface area contributed by atoms with Gasteiger partial charge in [0.1, 0.15) is 23.1 Å². The van der Waals surface area contributed by atoms with Crippen molar-refractivity contribution < 1.29 is 9.47 Å². The molecule has 0 unspecified atom stereocenters. The van der Waals surface area contributed by atoms with Gasteiger partial charge in [0.2, 0.25) is 0 Å². The largest absolute Gasteiger partial charge is 0.497 e.